The fraction of sp³-hybridized carbons (Fsp3) is 0.250. The molecule has 7 heteroatoms. The highest BCUT2D eigenvalue weighted by molar-refractivity contribution is 8.00. The van der Waals surface area contributed by atoms with Crippen molar-refractivity contribution in [2.24, 2.45) is 5.73 Å². The number of nitrogens with two attached hydrogens (primary N) is 1. The monoisotopic (exact) mass is 382 g/mol. The van der Waals surface area contributed by atoms with Crippen LogP contribution in [0.1, 0.15) is 12.5 Å². The average molecular weight is 382 g/mol. The van der Waals surface area contributed by atoms with Crippen molar-refractivity contribution >= 4 is 17.7 Å². The zero-order chi connectivity index (χ0) is 19.2. The topological polar surface area (TPSA) is 83.0 Å². The Balaban J connectivity index is 1.97. The van der Waals surface area contributed by atoms with Crippen LogP contribution in [0.2, 0.25) is 0 Å². The van der Waals surface area contributed by atoms with Gasteiger partial charge in [-0.1, -0.05) is 54.2 Å². The van der Waals surface area contributed by atoms with Crippen molar-refractivity contribution in [1.82, 2.24) is 14.8 Å². The molecule has 0 saturated carbocycles. The number of carbonyl (C=O) groups is 1. The van der Waals surface area contributed by atoms with Crippen LogP contribution in [-0.2, 0) is 17.8 Å². The fourth-order valence-corrected chi connectivity index (χ4v) is 3.53. The molecule has 0 aliphatic carbocycles. The van der Waals surface area contributed by atoms with Gasteiger partial charge in [0.05, 0.1) is 17.9 Å². The van der Waals surface area contributed by atoms with Crippen molar-refractivity contribution in [3.63, 3.8) is 0 Å². The van der Waals surface area contributed by atoms with Crippen molar-refractivity contribution in [2.45, 2.75) is 30.3 Å². The fourth-order valence-electron chi connectivity index (χ4n) is 2.71. The minimum absolute atomic E-state index is 0.378. The van der Waals surface area contributed by atoms with Crippen molar-refractivity contribution in [3.05, 3.63) is 60.2 Å². The number of hydrogen-bond acceptors (Lipinski definition) is 5. The number of carbonyl (C=O) groups excluding carboxylic acids is 1. The number of aromatic nitrogens is 3. The largest absolute Gasteiger partial charge is 0.496 e. The van der Waals surface area contributed by atoms with E-state index in [1.807, 2.05) is 47.0 Å². The van der Waals surface area contributed by atoms with E-state index in [2.05, 4.69) is 22.3 Å². The third-order valence-electron chi connectivity index (χ3n) is 4.21. The van der Waals surface area contributed by atoms with Crippen LogP contribution in [0.25, 0.3) is 11.4 Å². The SMILES string of the molecule is COc1ccccc1-c1nnc(S[C@H](C)C(N)=O)n1CCc1ccccc1. The molecule has 0 unspecified atom stereocenters. The molecule has 0 aliphatic heterocycles. The van der Waals surface area contributed by atoms with Crippen LogP contribution in [0.3, 0.4) is 0 Å². The zero-order valence-corrected chi connectivity index (χ0v) is 16.1. The number of thioether (sulfide) groups is 1. The number of primary amides is 1. The normalized spacial score (nSPS) is 11.9. The molecule has 1 heterocycles. The first-order valence-electron chi connectivity index (χ1n) is 8.66. The lowest BCUT2D eigenvalue weighted by Crippen LogP contribution is -2.23. The third kappa shape index (κ3) is 4.49. The summed E-state index contributed by atoms with van der Waals surface area (Å²) in [7, 11) is 1.63. The molecule has 1 atom stereocenters. The van der Waals surface area contributed by atoms with Gasteiger partial charge in [0.15, 0.2) is 11.0 Å². The molecule has 0 radical (unpaired) electrons. The molecule has 0 bridgehead atoms. The van der Waals surface area contributed by atoms with Crippen molar-refractivity contribution in [2.75, 3.05) is 7.11 Å². The molecule has 140 valence electrons. The highest BCUT2D eigenvalue weighted by atomic mass is 32.2. The number of benzene rings is 2. The van der Waals surface area contributed by atoms with E-state index in [1.165, 1.54) is 17.3 Å². The van der Waals surface area contributed by atoms with Crippen LogP contribution in [0.4, 0.5) is 0 Å². The molecule has 1 aromatic heterocycles. The number of aryl methyl sites for hydroxylation is 1. The third-order valence-corrected chi connectivity index (χ3v) is 5.31. The predicted molar refractivity (Wildman–Crippen MR) is 107 cm³/mol. The standard InChI is InChI=1S/C20H22N4O2S/c1-14(18(21)25)27-20-23-22-19(16-10-6-7-11-17(16)26-2)24(20)13-12-15-8-4-3-5-9-15/h3-11,14H,12-13H2,1-2H3,(H2,21,25)/t14-/m1/s1. The molecule has 0 aliphatic rings. The number of para-hydroxylation sites is 1. The van der Waals surface area contributed by atoms with Gasteiger partial charge in [-0.2, -0.15) is 0 Å². The van der Waals surface area contributed by atoms with E-state index in [4.69, 9.17) is 10.5 Å². The first-order chi connectivity index (χ1) is 13.1. The van der Waals surface area contributed by atoms with Crippen molar-refractivity contribution in [1.29, 1.82) is 0 Å². The second-order valence-electron chi connectivity index (χ2n) is 6.06. The van der Waals surface area contributed by atoms with E-state index in [9.17, 15) is 4.79 Å². The van der Waals surface area contributed by atoms with Gasteiger partial charge < -0.3 is 15.0 Å². The maximum Gasteiger partial charge on any atom is 0.230 e. The van der Waals surface area contributed by atoms with Crippen molar-refractivity contribution < 1.29 is 9.53 Å². The highest BCUT2D eigenvalue weighted by Crippen LogP contribution is 2.32. The van der Waals surface area contributed by atoms with E-state index >= 15 is 0 Å². The molecule has 6 nitrogen and oxygen atoms in total. The number of ether oxygens (including phenoxy) is 1. The Bertz CT molecular complexity index is 911. The molecule has 0 fully saturated rings. The molecule has 3 rings (SSSR count). The van der Waals surface area contributed by atoms with Gasteiger partial charge in [0.1, 0.15) is 5.75 Å². The van der Waals surface area contributed by atoms with Gasteiger partial charge in [-0.25, -0.2) is 0 Å². The summed E-state index contributed by atoms with van der Waals surface area (Å²) in [4.78, 5) is 11.5. The summed E-state index contributed by atoms with van der Waals surface area (Å²) in [6, 6.07) is 17.9. The summed E-state index contributed by atoms with van der Waals surface area (Å²) in [5, 5.41) is 8.97. The molecule has 1 amide bonds. The van der Waals surface area contributed by atoms with Crippen LogP contribution < -0.4 is 10.5 Å². The summed E-state index contributed by atoms with van der Waals surface area (Å²) in [5.74, 6) is 1.06. The Morgan fingerprint density at radius 1 is 1.15 bits per heavy atom. The molecular formula is C20H22N4O2S. The van der Waals surface area contributed by atoms with E-state index in [-0.39, 0.29) is 5.91 Å². The lowest BCUT2D eigenvalue weighted by Gasteiger charge is -2.13. The minimum atomic E-state index is -0.393. The summed E-state index contributed by atoms with van der Waals surface area (Å²) in [6.07, 6.45) is 0.819. The maximum atomic E-state index is 11.5. The summed E-state index contributed by atoms with van der Waals surface area (Å²) >= 11 is 1.32. The van der Waals surface area contributed by atoms with Gasteiger partial charge in [0, 0.05) is 6.54 Å². The van der Waals surface area contributed by atoms with Crippen molar-refractivity contribution in [3.8, 4) is 17.1 Å². The lowest BCUT2D eigenvalue weighted by atomic mass is 10.1. The Kier molecular flexibility index (Phi) is 6.13. The van der Waals surface area contributed by atoms with E-state index in [1.54, 1.807) is 14.0 Å². The van der Waals surface area contributed by atoms with E-state index in [0.717, 1.165) is 17.7 Å². The Labute approximate surface area is 162 Å². The molecule has 0 saturated heterocycles. The van der Waals surface area contributed by atoms with Gasteiger partial charge in [0.25, 0.3) is 0 Å². The molecule has 2 N–H and O–H groups in total. The molecule has 27 heavy (non-hydrogen) atoms. The molecule has 2 aromatic carbocycles. The van der Waals surface area contributed by atoms with Crippen LogP contribution in [0, 0.1) is 0 Å². The predicted octanol–water partition coefficient (Wildman–Crippen LogP) is 3.16. The lowest BCUT2D eigenvalue weighted by molar-refractivity contribution is -0.117. The maximum absolute atomic E-state index is 11.5. The smallest absolute Gasteiger partial charge is 0.230 e. The Morgan fingerprint density at radius 3 is 2.56 bits per heavy atom. The quantitative estimate of drug-likeness (QED) is 0.605. The number of hydrogen-bond donors (Lipinski definition) is 1. The number of nitrogens with zero attached hydrogens (tertiary/aromatic N) is 3. The molecule has 3 aromatic rings. The average Bonchev–Trinajstić information content (AvgIpc) is 3.09. The van der Waals surface area contributed by atoms with Gasteiger partial charge in [-0.3, -0.25) is 4.79 Å². The van der Waals surface area contributed by atoms with Crippen LogP contribution in [0.5, 0.6) is 5.75 Å². The summed E-state index contributed by atoms with van der Waals surface area (Å²) in [6.45, 7) is 2.45. The molecular weight excluding hydrogens is 360 g/mol. The number of amides is 1. The summed E-state index contributed by atoms with van der Waals surface area (Å²) in [5.41, 5.74) is 7.50. The van der Waals surface area contributed by atoms with Gasteiger partial charge in [-0.15, -0.1) is 10.2 Å². The number of methoxy groups -OCH3 is 1. The Morgan fingerprint density at radius 2 is 1.85 bits per heavy atom. The minimum Gasteiger partial charge on any atom is -0.496 e. The second kappa shape index (κ2) is 8.73. The van der Waals surface area contributed by atoms with Gasteiger partial charge in [-0.05, 0) is 31.0 Å². The van der Waals surface area contributed by atoms with Gasteiger partial charge >= 0.3 is 0 Å². The first-order valence-corrected chi connectivity index (χ1v) is 9.54. The van der Waals surface area contributed by atoms with Crippen LogP contribution in [-0.4, -0.2) is 33.0 Å². The van der Waals surface area contributed by atoms with Gasteiger partial charge in [0.2, 0.25) is 5.91 Å². The number of rotatable bonds is 8. The van der Waals surface area contributed by atoms with E-state index in [0.29, 0.717) is 17.5 Å². The summed E-state index contributed by atoms with van der Waals surface area (Å²) < 4.78 is 7.51. The van der Waals surface area contributed by atoms with Crippen LogP contribution in [0.15, 0.2) is 59.8 Å². The molecule has 0 spiro atoms. The Hall–Kier alpha value is -2.80. The first kappa shape index (κ1) is 19.0. The van der Waals surface area contributed by atoms with Crippen LogP contribution >= 0.6 is 11.8 Å². The highest BCUT2D eigenvalue weighted by Gasteiger charge is 2.20. The second-order valence-corrected chi connectivity index (χ2v) is 7.36. The van der Waals surface area contributed by atoms with E-state index < -0.39 is 5.25 Å². The zero-order valence-electron chi connectivity index (χ0n) is 15.3.